The third-order valence-corrected chi connectivity index (χ3v) is 3.47. The molecule has 0 bridgehead atoms. The highest BCUT2D eigenvalue weighted by Crippen LogP contribution is 2.34. The fourth-order valence-electron chi connectivity index (χ4n) is 2.03. The summed E-state index contributed by atoms with van der Waals surface area (Å²) >= 11 is 0. The van der Waals surface area contributed by atoms with Gasteiger partial charge in [0.15, 0.2) is 0 Å². The van der Waals surface area contributed by atoms with E-state index in [2.05, 4.69) is 32.0 Å². The van der Waals surface area contributed by atoms with Crippen LogP contribution in [0.3, 0.4) is 0 Å². The predicted octanol–water partition coefficient (Wildman–Crippen LogP) is 1.75. The number of hydrogen-bond donors (Lipinski definition) is 1. The zero-order valence-corrected chi connectivity index (χ0v) is 10.8. The molecule has 0 saturated heterocycles. The van der Waals surface area contributed by atoms with E-state index in [9.17, 15) is 4.79 Å². The molecule has 1 aliphatic carbocycles. The zero-order chi connectivity index (χ0) is 12.6. The number of aryl methyl sites for hydroxylation is 2. The van der Waals surface area contributed by atoms with Gasteiger partial charge < -0.3 is 10.6 Å². The second kappa shape index (κ2) is 4.15. The van der Waals surface area contributed by atoms with E-state index in [4.69, 9.17) is 5.73 Å². The number of benzene rings is 1. The molecule has 92 valence electrons. The molecule has 17 heavy (non-hydrogen) atoms. The molecule has 0 unspecified atom stereocenters. The van der Waals surface area contributed by atoms with Crippen LogP contribution in [0.4, 0.5) is 0 Å². The summed E-state index contributed by atoms with van der Waals surface area (Å²) in [5, 5.41) is 0. The Morgan fingerprint density at radius 1 is 1.41 bits per heavy atom. The Balaban J connectivity index is 2.10. The van der Waals surface area contributed by atoms with Crippen molar-refractivity contribution < 1.29 is 4.79 Å². The van der Waals surface area contributed by atoms with E-state index in [1.54, 1.807) is 4.90 Å². The number of hydrogen-bond acceptors (Lipinski definition) is 2. The lowest BCUT2D eigenvalue weighted by Crippen LogP contribution is -2.43. The highest BCUT2D eigenvalue weighted by molar-refractivity contribution is 5.88. The molecule has 1 aromatic rings. The number of nitrogens with two attached hydrogens (primary N) is 1. The third kappa shape index (κ3) is 2.50. The largest absolute Gasteiger partial charge is 0.340 e. The van der Waals surface area contributed by atoms with Gasteiger partial charge in [0.05, 0.1) is 5.54 Å². The number of nitrogens with zero attached hydrogens (tertiary/aromatic N) is 1. The van der Waals surface area contributed by atoms with E-state index in [1.807, 2.05) is 7.05 Å². The van der Waals surface area contributed by atoms with Crippen LogP contribution in [0.15, 0.2) is 18.2 Å². The lowest BCUT2D eigenvalue weighted by molar-refractivity contribution is -0.132. The fraction of sp³-hybridized carbons (Fsp3) is 0.500. The Kier molecular flexibility index (Phi) is 2.96. The van der Waals surface area contributed by atoms with Crippen molar-refractivity contribution in [1.29, 1.82) is 0 Å². The van der Waals surface area contributed by atoms with Gasteiger partial charge in [-0.15, -0.1) is 0 Å². The molecule has 0 spiro atoms. The Bertz CT molecular complexity index is 450. The van der Waals surface area contributed by atoms with E-state index < -0.39 is 5.54 Å². The molecule has 0 radical (unpaired) electrons. The Hall–Kier alpha value is -1.35. The molecule has 2 rings (SSSR count). The third-order valence-electron chi connectivity index (χ3n) is 3.47. The van der Waals surface area contributed by atoms with Gasteiger partial charge in [-0.1, -0.05) is 23.8 Å². The summed E-state index contributed by atoms with van der Waals surface area (Å²) in [6.07, 6.45) is 1.64. The van der Waals surface area contributed by atoms with Gasteiger partial charge in [-0.2, -0.15) is 0 Å². The second-order valence-corrected chi connectivity index (χ2v) is 5.25. The molecule has 1 amide bonds. The van der Waals surface area contributed by atoms with Crippen molar-refractivity contribution in [3.63, 3.8) is 0 Å². The van der Waals surface area contributed by atoms with Crippen LogP contribution in [0.1, 0.15) is 29.5 Å². The molecule has 3 nitrogen and oxygen atoms in total. The lowest BCUT2D eigenvalue weighted by Gasteiger charge is -2.22. The highest BCUT2D eigenvalue weighted by Gasteiger charge is 2.47. The van der Waals surface area contributed by atoms with Gasteiger partial charge in [-0.05, 0) is 37.8 Å². The normalized spacial score (nSPS) is 16.7. The quantitative estimate of drug-likeness (QED) is 0.863. The van der Waals surface area contributed by atoms with E-state index in [0.29, 0.717) is 6.54 Å². The minimum atomic E-state index is -0.563. The van der Waals surface area contributed by atoms with Gasteiger partial charge in [0, 0.05) is 13.6 Å². The number of likely N-dealkylation sites (N-methyl/N-ethyl adjacent to an activating group) is 1. The predicted molar refractivity (Wildman–Crippen MR) is 68.5 cm³/mol. The molecule has 2 N–H and O–H groups in total. The van der Waals surface area contributed by atoms with Crippen molar-refractivity contribution in [3.8, 4) is 0 Å². The molecular formula is C14H20N2O. The average molecular weight is 232 g/mol. The van der Waals surface area contributed by atoms with Crippen molar-refractivity contribution in [1.82, 2.24) is 4.90 Å². The first-order valence-electron chi connectivity index (χ1n) is 6.03. The first-order valence-corrected chi connectivity index (χ1v) is 6.03. The van der Waals surface area contributed by atoms with Gasteiger partial charge in [-0.25, -0.2) is 0 Å². The maximum Gasteiger partial charge on any atom is 0.242 e. The van der Waals surface area contributed by atoms with Crippen LogP contribution in [0.2, 0.25) is 0 Å². The second-order valence-electron chi connectivity index (χ2n) is 5.25. The van der Waals surface area contributed by atoms with Crippen molar-refractivity contribution in [2.24, 2.45) is 5.73 Å². The Morgan fingerprint density at radius 3 is 2.65 bits per heavy atom. The van der Waals surface area contributed by atoms with Gasteiger partial charge in [0.2, 0.25) is 5.91 Å². The van der Waals surface area contributed by atoms with Crippen molar-refractivity contribution >= 4 is 5.91 Å². The van der Waals surface area contributed by atoms with E-state index in [1.165, 1.54) is 16.7 Å². The standard InChI is InChI=1S/C14H20N2O/c1-10-4-5-11(2)12(8-10)9-16(3)13(17)14(15)6-7-14/h4-5,8H,6-7,9,15H2,1-3H3. The SMILES string of the molecule is Cc1ccc(C)c(CN(C)C(=O)C2(N)CC2)c1. The van der Waals surface area contributed by atoms with Crippen LogP contribution in [-0.2, 0) is 11.3 Å². The molecule has 1 aliphatic rings. The molecule has 0 heterocycles. The van der Waals surface area contributed by atoms with Crippen LogP contribution in [0.25, 0.3) is 0 Å². The molecule has 1 fully saturated rings. The maximum absolute atomic E-state index is 12.0. The smallest absolute Gasteiger partial charge is 0.242 e. The molecule has 1 saturated carbocycles. The summed E-state index contributed by atoms with van der Waals surface area (Å²) < 4.78 is 0. The molecular weight excluding hydrogens is 212 g/mol. The van der Waals surface area contributed by atoms with Crippen LogP contribution >= 0.6 is 0 Å². The molecule has 1 aromatic carbocycles. The van der Waals surface area contributed by atoms with Gasteiger partial charge in [0.1, 0.15) is 0 Å². The average Bonchev–Trinajstić information content (AvgIpc) is 3.02. The summed E-state index contributed by atoms with van der Waals surface area (Å²) in [6, 6.07) is 6.32. The van der Waals surface area contributed by atoms with Crippen molar-refractivity contribution in [3.05, 3.63) is 34.9 Å². The van der Waals surface area contributed by atoms with Gasteiger partial charge in [-0.3, -0.25) is 4.79 Å². The minimum absolute atomic E-state index is 0.0680. The van der Waals surface area contributed by atoms with Crippen molar-refractivity contribution in [2.75, 3.05) is 7.05 Å². The van der Waals surface area contributed by atoms with Crippen LogP contribution in [-0.4, -0.2) is 23.4 Å². The van der Waals surface area contributed by atoms with Gasteiger partial charge >= 0.3 is 0 Å². The summed E-state index contributed by atoms with van der Waals surface area (Å²) in [6.45, 7) is 4.78. The zero-order valence-electron chi connectivity index (χ0n) is 10.8. The monoisotopic (exact) mass is 232 g/mol. The van der Waals surface area contributed by atoms with Crippen LogP contribution in [0.5, 0.6) is 0 Å². The Morgan fingerprint density at radius 2 is 2.06 bits per heavy atom. The van der Waals surface area contributed by atoms with Gasteiger partial charge in [0.25, 0.3) is 0 Å². The molecule has 0 aliphatic heterocycles. The molecule has 0 atom stereocenters. The minimum Gasteiger partial charge on any atom is -0.340 e. The lowest BCUT2D eigenvalue weighted by atomic mass is 10.0. The first-order chi connectivity index (χ1) is 7.92. The van der Waals surface area contributed by atoms with E-state index in [-0.39, 0.29) is 5.91 Å². The number of amides is 1. The van der Waals surface area contributed by atoms with E-state index >= 15 is 0 Å². The van der Waals surface area contributed by atoms with Crippen LogP contribution < -0.4 is 5.73 Å². The number of rotatable bonds is 3. The fourth-order valence-corrected chi connectivity index (χ4v) is 2.03. The maximum atomic E-state index is 12.0. The summed E-state index contributed by atoms with van der Waals surface area (Å²) in [7, 11) is 1.83. The summed E-state index contributed by atoms with van der Waals surface area (Å²) in [5.41, 5.74) is 9.00. The number of carbonyl (C=O) groups excluding carboxylic acids is 1. The topological polar surface area (TPSA) is 46.3 Å². The molecule has 0 aromatic heterocycles. The first kappa shape index (κ1) is 12.1. The number of carbonyl (C=O) groups is 1. The van der Waals surface area contributed by atoms with E-state index in [0.717, 1.165) is 12.8 Å². The summed E-state index contributed by atoms with van der Waals surface area (Å²) in [5.74, 6) is 0.0680. The van der Waals surface area contributed by atoms with Crippen molar-refractivity contribution in [2.45, 2.75) is 38.8 Å². The molecule has 3 heteroatoms. The van der Waals surface area contributed by atoms with Crippen LogP contribution in [0, 0.1) is 13.8 Å². The highest BCUT2D eigenvalue weighted by atomic mass is 16.2. The summed E-state index contributed by atoms with van der Waals surface area (Å²) in [4.78, 5) is 13.8. The Labute approximate surface area is 103 Å².